The van der Waals surface area contributed by atoms with E-state index in [1.807, 2.05) is 36.2 Å². The van der Waals surface area contributed by atoms with Crippen LogP contribution in [0.4, 0.5) is 5.69 Å². The smallest absolute Gasteiger partial charge is 0.174 e. The maximum absolute atomic E-state index is 13.2. The van der Waals surface area contributed by atoms with E-state index in [0.717, 1.165) is 35.2 Å². The van der Waals surface area contributed by atoms with E-state index in [1.54, 1.807) is 0 Å². The number of aryl methyl sites for hydroxylation is 2. The van der Waals surface area contributed by atoms with Crippen LogP contribution >= 0.6 is 23.8 Å². The van der Waals surface area contributed by atoms with Crippen LogP contribution in [0.25, 0.3) is 0 Å². The highest BCUT2D eigenvalue weighted by Gasteiger charge is 2.47. The Bertz CT molecular complexity index is 862. The molecule has 27 heavy (non-hydrogen) atoms. The minimum absolute atomic E-state index is 0.175. The number of anilines is 1. The largest absolute Gasteiger partial charge is 0.335 e. The number of rotatable bonds is 3. The van der Waals surface area contributed by atoms with Gasteiger partial charge < -0.3 is 10.2 Å². The summed E-state index contributed by atoms with van der Waals surface area (Å²) in [5.41, 5.74) is 3.28. The molecule has 3 nitrogen and oxygen atoms in total. The standard InChI is InChI=1S/C22H25ClN2OS/c1-15-12-16(2)14-17(13-15)24-21(27)25(3)22(11-7-6-10-20(22)26)18-8-4-5-9-19(18)23/h4-5,8-9,12-14H,6-7,10-11H2,1-3H3,(H,24,27). The quantitative estimate of drug-likeness (QED) is 0.677. The molecule has 1 fully saturated rings. The summed E-state index contributed by atoms with van der Waals surface area (Å²) in [4.78, 5) is 15.1. The van der Waals surface area contributed by atoms with E-state index in [1.165, 1.54) is 0 Å². The highest BCUT2D eigenvalue weighted by molar-refractivity contribution is 7.80. The van der Waals surface area contributed by atoms with E-state index in [9.17, 15) is 4.79 Å². The molecular formula is C22H25ClN2OS. The summed E-state index contributed by atoms with van der Waals surface area (Å²) in [6, 6.07) is 13.8. The summed E-state index contributed by atoms with van der Waals surface area (Å²) >= 11 is 12.2. The zero-order chi connectivity index (χ0) is 19.6. The van der Waals surface area contributed by atoms with Gasteiger partial charge in [0.25, 0.3) is 0 Å². The lowest BCUT2D eigenvalue weighted by Crippen LogP contribution is -2.55. The minimum atomic E-state index is -0.820. The molecule has 3 rings (SSSR count). The Morgan fingerprint density at radius 1 is 1.15 bits per heavy atom. The molecule has 1 unspecified atom stereocenters. The van der Waals surface area contributed by atoms with Crippen LogP contribution in [0.2, 0.25) is 5.02 Å². The van der Waals surface area contributed by atoms with E-state index < -0.39 is 5.54 Å². The molecule has 0 radical (unpaired) electrons. The van der Waals surface area contributed by atoms with E-state index in [2.05, 4.69) is 37.4 Å². The second kappa shape index (κ2) is 7.99. The molecule has 0 spiro atoms. The average molecular weight is 401 g/mol. The molecule has 0 heterocycles. The van der Waals surface area contributed by atoms with Crippen LogP contribution in [-0.4, -0.2) is 22.8 Å². The number of thiocarbonyl (C=S) groups is 1. The third-order valence-corrected chi connectivity index (χ3v) is 6.03. The highest BCUT2D eigenvalue weighted by Crippen LogP contribution is 2.42. The molecule has 142 valence electrons. The number of benzene rings is 2. The fourth-order valence-electron chi connectivity index (χ4n) is 4.06. The van der Waals surface area contributed by atoms with Crippen LogP contribution in [0, 0.1) is 13.8 Å². The number of Topliss-reactive ketones (excluding diaryl/α,β-unsaturated/α-hetero) is 1. The Hall–Kier alpha value is -1.91. The molecule has 1 atom stereocenters. The first-order valence-corrected chi connectivity index (χ1v) is 10.0. The Morgan fingerprint density at radius 2 is 1.81 bits per heavy atom. The van der Waals surface area contributed by atoms with Gasteiger partial charge in [-0.3, -0.25) is 4.79 Å². The maximum atomic E-state index is 13.2. The summed E-state index contributed by atoms with van der Waals surface area (Å²) in [5.74, 6) is 0.175. The van der Waals surface area contributed by atoms with E-state index in [-0.39, 0.29) is 5.78 Å². The van der Waals surface area contributed by atoms with Crippen LogP contribution < -0.4 is 5.32 Å². The Labute approximate surface area is 171 Å². The molecule has 1 saturated carbocycles. The normalized spacial score (nSPS) is 19.6. The molecule has 0 bridgehead atoms. The van der Waals surface area contributed by atoms with Gasteiger partial charge in [-0.15, -0.1) is 0 Å². The molecular weight excluding hydrogens is 376 g/mol. The summed E-state index contributed by atoms with van der Waals surface area (Å²) in [5, 5.41) is 4.45. The number of hydrogen-bond acceptors (Lipinski definition) is 2. The average Bonchev–Trinajstić information content (AvgIpc) is 2.61. The first-order valence-electron chi connectivity index (χ1n) is 9.26. The number of ketones is 1. The first-order chi connectivity index (χ1) is 12.8. The summed E-state index contributed by atoms with van der Waals surface area (Å²) in [7, 11) is 1.89. The van der Waals surface area contributed by atoms with Crippen molar-refractivity contribution in [3.8, 4) is 0 Å². The zero-order valence-corrected chi connectivity index (χ0v) is 17.6. The van der Waals surface area contributed by atoms with Crippen molar-refractivity contribution in [3.05, 3.63) is 64.2 Å². The second-order valence-electron chi connectivity index (χ2n) is 7.34. The van der Waals surface area contributed by atoms with Gasteiger partial charge in [0.05, 0.1) is 0 Å². The SMILES string of the molecule is Cc1cc(C)cc(NC(=S)N(C)C2(c3ccccc3Cl)CCCCC2=O)c1. The molecule has 2 aromatic carbocycles. The van der Waals surface area contributed by atoms with Gasteiger partial charge in [0.15, 0.2) is 10.9 Å². The van der Waals surface area contributed by atoms with Gasteiger partial charge in [0.1, 0.15) is 5.54 Å². The molecule has 2 aromatic rings. The van der Waals surface area contributed by atoms with Gasteiger partial charge in [-0.25, -0.2) is 0 Å². The van der Waals surface area contributed by atoms with Crippen LogP contribution in [0.15, 0.2) is 42.5 Å². The van der Waals surface area contributed by atoms with E-state index in [4.69, 9.17) is 23.8 Å². The van der Waals surface area contributed by atoms with Crippen LogP contribution in [0.3, 0.4) is 0 Å². The zero-order valence-electron chi connectivity index (χ0n) is 16.0. The van der Waals surface area contributed by atoms with Gasteiger partial charge in [0, 0.05) is 29.7 Å². The Morgan fingerprint density at radius 3 is 2.44 bits per heavy atom. The number of carbonyl (C=O) groups is 1. The van der Waals surface area contributed by atoms with Gasteiger partial charge in [0.2, 0.25) is 0 Å². The van der Waals surface area contributed by atoms with Crippen molar-refractivity contribution >= 4 is 40.4 Å². The molecule has 0 aromatic heterocycles. The van der Waals surface area contributed by atoms with Crippen molar-refractivity contribution < 1.29 is 4.79 Å². The lowest BCUT2D eigenvalue weighted by Gasteiger charge is -2.45. The number of carbonyl (C=O) groups excluding carboxylic acids is 1. The van der Waals surface area contributed by atoms with Crippen LogP contribution in [0.5, 0.6) is 0 Å². The monoisotopic (exact) mass is 400 g/mol. The van der Waals surface area contributed by atoms with E-state index >= 15 is 0 Å². The van der Waals surface area contributed by atoms with E-state index in [0.29, 0.717) is 23.0 Å². The summed E-state index contributed by atoms with van der Waals surface area (Å²) in [6.07, 6.45) is 3.13. The van der Waals surface area contributed by atoms with Gasteiger partial charge in [-0.2, -0.15) is 0 Å². The fraction of sp³-hybridized carbons (Fsp3) is 0.364. The van der Waals surface area contributed by atoms with Crippen molar-refractivity contribution in [2.24, 2.45) is 0 Å². The van der Waals surface area contributed by atoms with Gasteiger partial charge >= 0.3 is 0 Å². The topological polar surface area (TPSA) is 32.3 Å². The maximum Gasteiger partial charge on any atom is 0.174 e. The molecule has 5 heteroatoms. The third-order valence-electron chi connectivity index (χ3n) is 5.32. The molecule has 1 N–H and O–H groups in total. The van der Waals surface area contributed by atoms with Crippen LogP contribution in [-0.2, 0) is 10.3 Å². The summed E-state index contributed by atoms with van der Waals surface area (Å²) < 4.78 is 0. The number of likely N-dealkylation sites (N-methyl/N-ethyl adjacent to an activating group) is 1. The lowest BCUT2D eigenvalue weighted by atomic mass is 9.74. The first kappa shape index (κ1) is 19.8. The molecule has 0 aliphatic heterocycles. The number of nitrogens with zero attached hydrogens (tertiary/aromatic N) is 1. The van der Waals surface area contributed by atoms with Crippen molar-refractivity contribution in [3.63, 3.8) is 0 Å². The third kappa shape index (κ3) is 3.87. The van der Waals surface area contributed by atoms with Gasteiger partial charge in [-0.1, -0.05) is 35.9 Å². The molecule has 0 amide bonds. The number of nitrogens with one attached hydrogen (secondary N) is 1. The molecule has 1 aliphatic carbocycles. The predicted octanol–water partition coefficient (Wildman–Crippen LogP) is 5.62. The summed E-state index contributed by atoms with van der Waals surface area (Å²) in [6.45, 7) is 4.11. The van der Waals surface area contributed by atoms with Crippen molar-refractivity contribution in [1.29, 1.82) is 0 Å². The van der Waals surface area contributed by atoms with Crippen molar-refractivity contribution in [2.45, 2.75) is 45.1 Å². The van der Waals surface area contributed by atoms with Crippen LogP contribution in [0.1, 0.15) is 42.4 Å². The van der Waals surface area contributed by atoms with Gasteiger partial charge in [-0.05, 0) is 74.7 Å². The number of halogens is 1. The molecule has 1 aliphatic rings. The Balaban J connectivity index is 1.98. The second-order valence-corrected chi connectivity index (χ2v) is 8.13. The number of hydrogen-bond donors (Lipinski definition) is 1. The minimum Gasteiger partial charge on any atom is -0.335 e. The Kier molecular flexibility index (Phi) is 5.87. The van der Waals surface area contributed by atoms with Crippen molar-refractivity contribution in [1.82, 2.24) is 4.90 Å². The predicted molar refractivity (Wildman–Crippen MR) is 117 cm³/mol. The molecule has 0 saturated heterocycles. The fourth-order valence-corrected chi connectivity index (χ4v) is 4.62. The van der Waals surface area contributed by atoms with Crippen molar-refractivity contribution in [2.75, 3.05) is 12.4 Å². The lowest BCUT2D eigenvalue weighted by molar-refractivity contribution is -0.131. The highest BCUT2D eigenvalue weighted by atomic mass is 35.5.